The SMILES string of the molecule is Cc1[nH][n+](Cc2cccc(OC(F)(F)F)c2)c(C)c1N=O. The normalized spacial score (nSPS) is 11.5. The Bertz CT molecular complexity index is 665. The highest BCUT2D eigenvalue weighted by Gasteiger charge is 2.31. The molecule has 0 aliphatic carbocycles. The number of nitrogens with zero attached hydrogens (tertiary/aromatic N) is 2. The zero-order chi connectivity index (χ0) is 15.6. The van der Waals surface area contributed by atoms with Gasteiger partial charge >= 0.3 is 6.36 Å². The molecule has 112 valence electrons. The Kier molecular flexibility index (Phi) is 3.97. The van der Waals surface area contributed by atoms with Gasteiger partial charge in [0.2, 0.25) is 11.4 Å². The van der Waals surface area contributed by atoms with Crippen LogP contribution in [0.4, 0.5) is 18.9 Å². The second kappa shape index (κ2) is 5.55. The van der Waals surface area contributed by atoms with Gasteiger partial charge in [0.1, 0.15) is 11.4 Å². The van der Waals surface area contributed by atoms with E-state index in [0.717, 1.165) is 0 Å². The Hall–Kier alpha value is -2.38. The number of nitroso groups, excluding NO2 is 1. The fraction of sp³-hybridized carbons (Fsp3) is 0.308. The lowest BCUT2D eigenvalue weighted by Crippen LogP contribution is -2.38. The lowest BCUT2D eigenvalue weighted by molar-refractivity contribution is -0.747. The molecule has 0 aliphatic rings. The van der Waals surface area contributed by atoms with Crippen LogP contribution in [0, 0.1) is 18.8 Å². The van der Waals surface area contributed by atoms with Gasteiger partial charge in [-0.2, -0.15) is 5.10 Å². The number of aryl methyl sites for hydroxylation is 1. The lowest BCUT2D eigenvalue weighted by Gasteiger charge is -2.08. The van der Waals surface area contributed by atoms with Crippen molar-refractivity contribution in [3.8, 4) is 5.75 Å². The van der Waals surface area contributed by atoms with E-state index in [9.17, 15) is 18.1 Å². The molecule has 2 aromatic rings. The van der Waals surface area contributed by atoms with Crippen LogP contribution in [0.25, 0.3) is 0 Å². The van der Waals surface area contributed by atoms with Crippen LogP contribution in [-0.4, -0.2) is 11.5 Å². The van der Waals surface area contributed by atoms with E-state index >= 15 is 0 Å². The van der Waals surface area contributed by atoms with Crippen LogP contribution in [-0.2, 0) is 6.54 Å². The first-order valence-corrected chi connectivity index (χ1v) is 6.07. The number of alkyl halides is 3. The number of benzene rings is 1. The Balaban J connectivity index is 2.24. The van der Waals surface area contributed by atoms with Gasteiger partial charge in [-0.05, 0) is 24.2 Å². The van der Waals surface area contributed by atoms with Crippen LogP contribution < -0.4 is 9.42 Å². The van der Waals surface area contributed by atoms with Crippen molar-refractivity contribution in [3.05, 3.63) is 46.1 Å². The number of hydrogen-bond donors (Lipinski definition) is 1. The van der Waals surface area contributed by atoms with Gasteiger partial charge in [0, 0.05) is 12.5 Å². The molecule has 0 aliphatic heterocycles. The molecule has 0 amide bonds. The minimum atomic E-state index is -4.72. The van der Waals surface area contributed by atoms with E-state index in [-0.39, 0.29) is 12.3 Å². The van der Waals surface area contributed by atoms with E-state index in [2.05, 4.69) is 15.0 Å². The Morgan fingerprint density at radius 1 is 1.33 bits per heavy atom. The van der Waals surface area contributed by atoms with Crippen LogP contribution in [0.2, 0.25) is 0 Å². The van der Waals surface area contributed by atoms with Gasteiger partial charge in [0.25, 0.3) is 0 Å². The lowest BCUT2D eigenvalue weighted by atomic mass is 10.2. The van der Waals surface area contributed by atoms with E-state index in [1.54, 1.807) is 24.6 Å². The molecular formula is C13H13F3N3O2+. The number of hydrogen-bond acceptors (Lipinski definition) is 3. The molecule has 0 bridgehead atoms. The second-order valence-corrected chi connectivity index (χ2v) is 4.54. The summed E-state index contributed by atoms with van der Waals surface area (Å²) in [5.41, 5.74) is 2.12. The molecule has 5 nitrogen and oxygen atoms in total. The maximum Gasteiger partial charge on any atom is 0.573 e. The standard InChI is InChI=1S/C13H12F3N3O2/c1-8-12(18-20)9(2)19(17-8)7-10-4-3-5-11(6-10)21-13(14,15)16/h3-6H,7H2,1-2H3/p+1. The first-order chi connectivity index (χ1) is 9.80. The summed E-state index contributed by atoms with van der Waals surface area (Å²) >= 11 is 0. The van der Waals surface area contributed by atoms with Crippen molar-refractivity contribution in [3.63, 3.8) is 0 Å². The number of nitrogens with one attached hydrogen (secondary N) is 1. The van der Waals surface area contributed by atoms with Crippen LogP contribution in [0.1, 0.15) is 17.0 Å². The van der Waals surface area contributed by atoms with Crippen molar-refractivity contribution in [1.82, 2.24) is 5.10 Å². The predicted octanol–water partition coefficient (Wildman–Crippen LogP) is 3.26. The van der Waals surface area contributed by atoms with Gasteiger partial charge in [0.05, 0.1) is 0 Å². The zero-order valence-electron chi connectivity index (χ0n) is 11.4. The Labute approximate surface area is 118 Å². The van der Waals surface area contributed by atoms with Crippen LogP contribution in [0.15, 0.2) is 29.4 Å². The first kappa shape index (κ1) is 15.0. The predicted molar refractivity (Wildman–Crippen MR) is 68.1 cm³/mol. The van der Waals surface area contributed by atoms with Crippen molar-refractivity contribution in [1.29, 1.82) is 0 Å². The fourth-order valence-corrected chi connectivity index (χ4v) is 2.05. The first-order valence-electron chi connectivity index (χ1n) is 6.07. The number of aromatic amines is 1. The van der Waals surface area contributed by atoms with Crippen LogP contribution >= 0.6 is 0 Å². The minimum Gasteiger partial charge on any atom is -0.406 e. The summed E-state index contributed by atoms with van der Waals surface area (Å²) < 4.78 is 42.1. The molecule has 0 saturated carbocycles. The third-order valence-corrected chi connectivity index (χ3v) is 2.97. The van der Waals surface area contributed by atoms with Gasteiger partial charge < -0.3 is 4.74 Å². The van der Waals surface area contributed by atoms with Gasteiger partial charge in [0.15, 0.2) is 6.54 Å². The summed E-state index contributed by atoms with van der Waals surface area (Å²) in [5, 5.41) is 5.86. The third kappa shape index (κ3) is 3.59. The maximum atomic E-state index is 12.2. The van der Waals surface area contributed by atoms with Crippen LogP contribution in [0.3, 0.4) is 0 Å². The summed E-state index contributed by atoms with van der Waals surface area (Å²) in [6, 6.07) is 5.66. The van der Waals surface area contributed by atoms with Gasteiger partial charge in [-0.15, -0.1) is 22.8 Å². The maximum absolute atomic E-state index is 12.2. The zero-order valence-corrected chi connectivity index (χ0v) is 11.4. The molecule has 0 fully saturated rings. The number of aromatic nitrogens is 2. The highest BCUT2D eigenvalue weighted by Crippen LogP contribution is 2.24. The molecule has 0 saturated heterocycles. The molecule has 0 unspecified atom stereocenters. The largest absolute Gasteiger partial charge is 0.573 e. The summed E-state index contributed by atoms with van der Waals surface area (Å²) in [6.45, 7) is 3.68. The number of halogens is 3. The van der Waals surface area contributed by atoms with Crippen molar-refractivity contribution in [2.45, 2.75) is 26.8 Å². The quantitative estimate of drug-likeness (QED) is 0.696. The molecular weight excluding hydrogens is 287 g/mol. The van der Waals surface area contributed by atoms with Crippen molar-refractivity contribution in [2.24, 2.45) is 5.18 Å². The Morgan fingerprint density at radius 2 is 2.05 bits per heavy atom. The molecule has 1 aromatic carbocycles. The van der Waals surface area contributed by atoms with Gasteiger partial charge in [-0.1, -0.05) is 12.1 Å². The second-order valence-electron chi connectivity index (χ2n) is 4.54. The van der Waals surface area contributed by atoms with Gasteiger partial charge in [-0.3, -0.25) is 0 Å². The summed E-state index contributed by atoms with van der Waals surface area (Å²) in [6.07, 6.45) is -4.72. The monoisotopic (exact) mass is 300 g/mol. The molecule has 0 atom stereocenters. The Morgan fingerprint density at radius 3 is 2.62 bits per heavy atom. The molecule has 21 heavy (non-hydrogen) atoms. The average Bonchev–Trinajstić information content (AvgIpc) is 2.62. The minimum absolute atomic E-state index is 0.275. The average molecular weight is 300 g/mol. The number of rotatable bonds is 4. The molecule has 0 radical (unpaired) electrons. The third-order valence-electron chi connectivity index (χ3n) is 2.97. The van der Waals surface area contributed by atoms with Crippen molar-refractivity contribution >= 4 is 5.69 Å². The van der Waals surface area contributed by atoms with Crippen molar-refractivity contribution < 1.29 is 22.6 Å². The van der Waals surface area contributed by atoms with E-state index < -0.39 is 6.36 Å². The van der Waals surface area contributed by atoms with Crippen molar-refractivity contribution in [2.75, 3.05) is 0 Å². The van der Waals surface area contributed by atoms with Crippen LogP contribution in [0.5, 0.6) is 5.75 Å². The number of H-pyrrole nitrogens is 1. The van der Waals surface area contributed by atoms with E-state index in [0.29, 0.717) is 22.6 Å². The molecule has 1 N–H and O–H groups in total. The topological polar surface area (TPSA) is 58.3 Å². The van der Waals surface area contributed by atoms with E-state index in [1.807, 2.05) is 0 Å². The summed E-state index contributed by atoms with van der Waals surface area (Å²) in [7, 11) is 0. The molecule has 8 heteroatoms. The summed E-state index contributed by atoms with van der Waals surface area (Å²) in [4.78, 5) is 10.7. The van der Waals surface area contributed by atoms with E-state index in [1.165, 1.54) is 18.2 Å². The number of ether oxygens (including phenoxy) is 1. The molecule has 1 heterocycles. The molecule has 1 aromatic heterocycles. The summed E-state index contributed by atoms with van der Waals surface area (Å²) in [5.74, 6) is -0.282. The van der Waals surface area contributed by atoms with Gasteiger partial charge in [-0.25, -0.2) is 0 Å². The molecule has 0 spiro atoms. The highest BCUT2D eigenvalue weighted by atomic mass is 19.4. The smallest absolute Gasteiger partial charge is 0.406 e. The van der Waals surface area contributed by atoms with E-state index in [4.69, 9.17) is 0 Å². The molecule has 2 rings (SSSR count). The fourth-order valence-electron chi connectivity index (χ4n) is 2.05. The highest BCUT2D eigenvalue weighted by molar-refractivity contribution is 5.42.